The van der Waals surface area contributed by atoms with Crippen LogP contribution in [0.15, 0.2) is 34.9 Å². The van der Waals surface area contributed by atoms with E-state index in [-0.39, 0.29) is 5.75 Å². The van der Waals surface area contributed by atoms with Gasteiger partial charge in [0, 0.05) is 16.6 Å². The normalized spacial score (nSPS) is 10.4. The van der Waals surface area contributed by atoms with Crippen LogP contribution in [0.25, 0.3) is 0 Å². The highest BCUT2D eigenvalue weighted by Crippen LogP contribution is 2.23. The number of nitrogens with zero attached hydrogens (tertiary/aromatic N) is 1. The van der Waals surface area contributed by atoms with Gasteiger partial charge in [-0.05, 0) is 36.8 Å². The number of hydrogen-bond donors (Lipinski definition) is 2. The third kappa shape index (κ3) is 3.15. The standard InChI is InChI=1S/C13H12BrClN2O/c1-8-4-11(7-17-13(8)15)16-6-9-5-10(14)2-3-12(9)18/h2-5,7,16,18H,6H2,1H3. The van der Waals surface area contributed by atoms with E-state index in [2.05, 4.69) is 26.2 Å². The molecule has 94 valence electrons. The lowest BCUT2D eigenvalue weighted by Gasteiger charge is -2.09. The van der Waals surface area contributed by atoms with Crippen LogP contribution in [0.3, 0.4) is 0 Å². The van der Waals surface area contributed by atoms with Gasteiger partial charge < -0.3 is 10.4 Å². The highest BCUT2D eigenvalue weighted by Gasteiger charge is 2.03. The molecule has 0 spiro atoms. The molecule has 0 aliphatic heterocycles. The SMILES string of the molecule is Cc1cc(NCc2cc(Br)ccc2O)cnc1Cl. The maximum Gasteiger partial charge on any atom is 0.132 e. The van der Waals surface area contributed by atoms with Crippen molar-refractivity contribution in [2.75, 3.05) is 5.32 Å². The van der Waals surface area contributed by atoms with Gasteiger partial charge in [-0.15, -0.1) is 0 Å². The van der Waals surface area contributed by atoms with Crippen molar-refractivity contribution in [2.24, 2.45) is 0 Å². The number of phenols is 1. The van der Waals surface area contributed by atoms with Gasteiger partial charge in [-0.2, -0.15) is 0 Å². The summed E-state index contributed by atoms with van der Waals surface area (Å²) in [6, 6.07) is 7.25. The average molecular weight is 328 g/mol. The second-order valence-electron chi connectivity index (χ2n) is 3.96. The van der Waals surface area contributed by atoms with Gasteiger partial charge in [-0.3, -0.25) is 0 Å². The fourth-order valence-electron chi connectivity index (χ4n) is 1.55. The first-order valence-electron chi connectivity index (χ1n) is 5.39. The van der Waals surface area contributed by atoms with Crippen LogP contribution in [0.5, 0.6) is 5.75 Å². The minimum atomic E-state index is 0.268. The van der Waals surface area contributed by atoms with E-state index in [9.17, 15) is 5.11 Å². The summed E-state index contributed by atoms with van der Waals surface area (Å²) in [7, 11) is 0. The molecule has 0 atom stereocenters. The Kier molecular flexibility index (Phi) is 4.09. The van der Waals surface area contributed by atoms with Crippen LogP contribution in [-0.4, -0.2) is 10.1 Å². The molecule has 0 fully saturated rings. The fraction of sp³-hybridized carbons (Fsp3) is 0.154. The van der Waals surface area contributed by atoms with Crippen molar-refractivity contribution in [1.82, 2.24) is 4.98 Å². The first kappa shape index (κ1) is 13.2. The van der Waals surface area contributed by atoms with E-state index in [1.54, 1.807) is 18.3 Å². The van der Waals surface area contributed by atoms with Crippen molar-refractivity contribution >= 4 is 33.2 Å². The second kappa shape index (κ2) is 5.59. The van der Waals surface area contributed by atoms with E-state index < -0.39 is 0 Å². The molecule has 0 aliphatic rings. The van der Waals surface area contributed by atoms with E-state index in [0.29, 0.717) is 11.7 Å². The van der Waals surface area contributed by atoms with Crippen LogP contribution < -0.4 is 5.32 Å². The topological polar surface area (TPSA) is 45.1 Å². The molecule has 0 saturated carbocycles. The van der Waals surface area contributed by atoms with Gasteiger partial charge in [0.15, 0.2) is 0 Å². The number of aromatic hydroxyl groups is 1. The Balaban J connectivity index is 2.11. The Morgan fingerprint density at radius 1 is 1.39 bits per heavy atom. The summed E-state index contributed by atoms with van der Waals surface area (Å²) < 4.78 is 0.933. The van der Waals surface area contributed by atoms with Gasteiger partial charge in [0.1, 0.15) is 10.9 Å². The monoisotopic (exact) mass is 326 g/mol. The van der Waals surface area contributed by atoms with E-state index in [1.807, 2.05) is 19.1 Å². The number of hydrogen-bond acceptors (Lipinski definition) is 3. The summed E-state index contributed by atoms with van der Waals surface area (Å²) in [6.07, 6.45) is 1.67. The number of pyridine rings is 1. The van der Waals surface area contributed by atoms with Crippen molar-refractivity contribution in [1.29, 1.82) is 0 Å². The number of halogens is 2. The zero-order valence-corrected chi connectivity index (χ0v) is 12.1. The summed E-state index contributed by atoms with van der Waals surface area (Å²) in [5.41, 5.74) is 2.60. The second-order valence-corrected chi connectivity index (χ2v) is 5.23. The van der Waals surface area contributed by atoms with Crippen LogP contribution in [0, 0.1) is 6.92 Å². The van der Waals surface area contributed by atoms with E-state index in [1.165, 1.54) is 0 Å². The minimum absolute atomic E-state index is 0.268. The van der Waals surface area contributed by atoms with E-state index in [0.717, 1.165) is 21.3 Å². The summed E-state index contributed by atoms with van der Waals surface area (Å²) in [5.74, 6) is 0.268. The lowest BCUT2D eigenvalue weighted by atomic mass is 10.2. The smallest absolute Gasteiger partial charge is 0.132 e. The molecule has 3 nitrogen and oxygen atoms in total. The maximum atomic E-state index is 9.71. The predicted octanol–water partition coefficient (Wildman–Crippen LogP) is 4.12. The van der Waals surface area contributed by atoms with Crippen molar-refractivity contribution in [3.8, 4) is 5.75 Å². The molecule has 0 radical (unpaired) electrons. The number of benzene rings is 1. The van der Waals surface area contributed by atoms with Gasteiger partial charge in [0.25, 0.3) is 0 Å². The van der Waals surface area contributed by atoms with Gasteiger partial charge in [0.05, 0.1) is 11.9 Å². The molecule has 0 saturated heterocycles. The fourth-order valence-corrected chi connectivity index (χ4v) is 2.06. The number of aromatic nitrogens is 1. The summed E-state index contributed by atoms with van der Waals surface area (Å²) in [4.78, 5) is 4.06. The van der Waals surface area contributed by atoms with Gasteiger partial charge in [0.2, 0.25) is 0 Å². The third-order valence-electron chi connectivity index (χ3n) is 2.54. The molecular weight excluding hydrogens is 316 g/mol. The summed E-state index contributed by atoms with van der Waals surface area (Å²) >= 11 is 9.23. The molecular formula is C13H12BrClN2O. The quantitative estimate of drug-likeness (QED) is 0.833. The van der Waals surface area contributed by atoms with Crippen molar-refractivity contribution in [2.45, 2.75) is 13.5 Å². The Morgan fingerprint density at radius 3 is 2.89 bits per heavy atom. The molecule has 2 N–H and O–H groups in total. The molecule has 2 aromatic rings. The Bertz CT molecular complexity index is 575. The van der Waals surface area contributed by atoms with E-state index in [4.69, 9.17) is 11.6 Å². The highest BCUT2D eigenvalue weighted by molar-refractivity contribution is 9.10. The minimum Gasteiger partial charge on any atom is -0.508 e. The Morgan fingerprint density at radius 2 is 2.17 bits per heavy atom. The first-order chi connectivity index (χ1) is 8.56. The van der Waals surface area contributed by atoms with Crippen LogP contribution in [0.1, 0.15) is 11.1 Å². The molecule has 1 aromatic heterocycles. The van der Waals surface area contributed by atoms with Crippen molar-refractivity contribution in [3.05, 3.63) is 51.2 Å². The molecule has 1 heterocycles. The molecule has 0 amide bonds. The van der Waals surface area contributed by atoms with Crippen molar-refractivity contribution < 1.29 is 5.11 Å². The lowest BCUT2D eigenvalue weighted by molar-refractivity contribution is 0.469. The van der Waals surface area contributed by atoms with E-state index >= 15 is 0 Å². The molecule has 0 bridgehead atoms. The number of aryl methyl sites for hydroxylation is 1. The van der Waals surface area contributed by atoms with Crippen LogP contribution in [0.2, 0.25) is 5.15 Å². The molecule has 0 unspecified atom stereocenters. The lowest BCUT2D eigenvalue weighted by Crippen LogP contribution is -2.00. The Labute approximate surface area is 119 Å². The van der Waals surface area contributed by atoms with Crippen LogP contribution in [-0.2, 0) is 6.54 Å². The molecule has 2 rings (SSSR count). The summed E-state index contributed by atoms with van der Waals surface area (Å²) in [5, 5.41) is 13.4. The molecule has 0 aliphatic carbocycles. The third-order valence-corrected chi connectivity index (χ3v) is 3.43. The zero-order valence-electron chi connectivity index (χ0n) is 9.74. The zero-order chi connectivity index (χ0) is 13.1. The first-order valence-corrected chi connectivity index (χ1v) is 6.57. The van der Waals surface area contributed by atoms with Gasteiger partial charge in [-0.1, -0.05) is 27.5 Å². The maximum absolute atomic E-state index is 9.71. The number of nitrogens with one attached hydrogen (secondary N) is 1. The number of phenolic OH excluding ortho intramolecular Hbond substituents is 1. The highest BCUT2D eigenvalue weighted by atomic mass is 79.9. The molecule has 1 aromatic carbocycles. The molecule has 5 heteroatoms. The van der Waals surface area contributed by atoms with Crippen molar-refractivity contribution in [3.63, 3.8) is 0 Å². The summed E-state index contributed by atoms with van der Waals surface area (Å²) in [6.45, 7) is 2.42. The van der Waals surface area contributed by atoms with Gasteiger partial charge >= 0.3 is 0 Å². The van der Waals surface area contributed by atoms with Crippen LogP contribution in [0.4, 0.5) is 5.69 Å². The number of rotatable bonds is 3. The van der Waals surface area contributed by atoms with Gasteiger partial charge in [-0.25, -0.2) is 4.98 Å². The Hall–Kier alpha value is -1.26. The average Bonchev–Trinajstić information content (AvgIpc) is 2.34. The largest absolute Gasteiger partial charge is 0.508 e. The molecule has 18 heavy (non-hydrogen) atoms. The van der Waals surface area contributed by atoms with Crippen LogP contribution >= 0.6 is 27.5 Å². The number of anilines is 1. The predicted molar refractivity (Wildman–Crippen MR) is 77.1 cm³/mol.